The molecule has 0 bridgehead atoms. The lowest BCUT2D eigenvalue weighted by Gasteiger charge is -2.35. The highest BCUT2D eigenvalue weighted by Gasteiger charge is 2.39. The van der Waals surface area contributed by atoms with Gasteiger partial charge in [-0.05, 0) is 32.3 Å². The van der Waals surface area contributed by atoms with Crippen LogP contribution >= 0.6 is 12.4 Å². The van der Waals surface area contributed by atoms with Crippen molar-refractivity contribution in [3.63, 3.8) is 0 Å². The Morgan fingerprint density at radius 1 is 1.32 bits per heavy atom. The molecule has 0 aliphatic carbocycles. The highest BCUT2D eigenvalue weighted by molar-refractivity contribution is 7.89. The quantitative estimate of drug-likeness (QED) is 0.494. The second-order valence-corrected chi connectivity index (χ2v) is 8.57. The van der Waals surface area contributed by atoms with E-state index < -0.39 is 21.0 Å². The molecule has 1 saturated heterocycles. The zero-order valence-electron chi connectivity index (χ0n) is 16.0. The van der Waals surface area contributed by atoms with E-state index in [0.29, 0.717) is 24.0 Å². The third kappa shape index (κ3) is 5.19. The Morgan fingerprint density at radius 3 is 2.57 bits per heavy atom. The van der Waals surface area contributed by atoms with Gasteiger partial charge in [-0.2, -0.15) is 4.31 Å². The number of benzene rings is 1. The smallest absolute Gasteiger partial charge is 0.292 e. The minimum absolute atomic E-state index is 0. The zero-order valence-corrected chi connectivity index (χ0v) is 17.6. The fourth-order valence-electron chi connectivity index (χ4n) is 3.39. The van der Waals surface area contributed by atoms with Gasteiger partial charge in [0.25, 0.3) is 15.7 Å². The molecule has 0 saturated carbocycles. The van der Waals surface area contributed by atoms with E-state index >= 15 is 0 Å². The topological polar surface area (TPSA) is 136 Å². The molecule has 28 heavy (non-hydrogen) atoms. The van der Waals surface area contributed by atoms with Gasteiger partial charge in [0.1, 0.15) is 0 Å². The van der Waals surface area contributed by atoms with Crippen molar-refractivity contribution in [3.05, 3.63) is 33.4 Å². The van der Waals surface area contributed by atoms with Crippen LogP contribution in [0.2, 0.25) is 0 Å². The van der Waals surface area contributed by atoms with E-state index in [1.807, 2.05) is 0 Å². The van der Waals surface area contributed by atoms with Crippen LogP contribution in [0.15, 0.2) is 17.0 Å². The van der Waals surface area contributed by atoms with E-state index in [9.17, 15) is 23.3 Å². The number of nitrogens with one attached hydrogen (secondary N) is 1. The van der Waals surface area contributed by atoms with Crippen LogP contribution in [0.3, 0.4) is 0 Å². The van der Waals surface area contributed by atoms with Crippen molar-refractivity contribution in [2.75, 3.05) is 19.6 Å². The molecule has 1 aliphatic rings. The zero-order chi connectivity index (χ0) is 20.2. The average molecular weight is 435 g/mol. The number of halogens is 1. The highest BCUT2D eigenvalue weighted by atomic mass is 35.5. The van der Waals surface area contributed by atoms with Gasteiger partial charge in [-0.15, -0.1) is 12.4 Å². The molecule has 158 valence electrons. The molecule has 0 spiro atoms. The van der Waals surface area contributed by atoms with Crippen LogP contribution < -0.4 is 11.1 Å². The maximum absolute atomic E-state index is 13.4. The van der Waals surface area contributed by atoms with E-state index in [-0.39, 0.29) is 55.0 Å². The first-order valence-corrected chi connectivity index (χ1v) is 10.4. The van der Waals surface area contributed by atoms with Gasteiger partial charge in [0.05, 0.1) is 4.92 Å². The van der Waals surface area contributed by atoms with Gasteiger partial charge in [-0.3, -0.25) is 14.9 Å². The minimum atomic E-state index is -4.08. The number of hydrogen-bond acceptors (Lipinski definition) is 6. The third-order valence-electron chi connectivity index (χ3n) is 4.76. The van der Waals surface area contributed by atoms with E-state index in [0.717, 1.165) is 6.42 Å². The van der Waals surface area contributed by atoms with E-state index in [2.05, 4.69) is 5.32 Å². The molecule has 1 atom stereocenters. The lowest BCUT2D eigenvalue weighted by Crippen LogP contribution is -2.49. The SMILES string of the molecule is Cc1ccc(C)c(S(=O)(=O)N2CCCCC2CNC(=O)CCN)c1[N+](=O)[O-].Cl. The molecule has 11 heteroatoms. The number of piperidine rings is 1. The van der Waals surface area contributed by atoms with E-state index in [1.165, 1.54) is 11.2 Å². The molecule has 0 radical (unpaired) electrons. The van der Waals surface area contributed by atoms with Crippen LogP contribution in [-0.4, -0.2) is 49.2 Å². The van der Waals surface area contributed by atoms with Gasteiger partial charge in [-0.25, -0.2) is 8.42 Å². The molecule has 1 aromatic carbocycles. The fraction of sp³-hybridized carbons (Fsp3) is 0.588. The van der Waals surface area contributed by atoms with Crippen LogP contribution in [0.25, 0.3) is 0 Å². The number of aryl methyl sites for hydroxylation is 2. The molecule has 1 fully saturated rings. The van der Waals surface area contributed by atoms with Crippen LogP contribution in [-0.2, 0) is 14.8 Å². The van der Waals surface area contributed by atoms with Crippen LogP contribution in [0.1, 0.15) is 36.8 Å². The molecule has 1 aromatic rings. The number of carbonyl (C=O) groups excluding carboxylic acids is 1. The number of carbonyl (C=O) groups is 1. The van der Waals surface area contributed by atoms with Crippen molar-refractivity contribution >= 4 is 34.0 Å². The molecule has 1 aliphatic heterocycles. The van der Waals surface area contributed by atoms with Gasteiger partial charge in [0.15, 0.2) is 4.90 Å². The Morgan fingerprint density at radius 2 is 1.96 bits per heavy atom. The second kappa shape index (κ2) is 10.1. The molecule has 2 rings (SSSR count). The summed E-state index contributed by atoms with van der Waals surface area (Å²) in [6, 6.07) is 2.69. The summed E-state index contributed by atoms with van der Waals surface area (Å²) in [6.07, 6.45) is 2.26. The first-order valence-electron chi connectivity index (χ1n) is 8.93. The summed E-state index contributed by atoms with van der Waals surface area (Å²) in [5, 5.41) is 14.3. The molecule has 1 unspecified atom stereocenters. The van der Waals surface area contributed by atoms with Crippen molar-refractivity contribution in [2.24, 2.45) is 5.73 Å². The number of rotatable bonds is 7. The number of nitro groups is 1. The molecule has 9 nitrogen and oxygen atoms in total. The standard InChI is InChI=1S/C17H26N4O5S.ClH/c1-12-6-7-13(2)17(16(12)21(23)24)27(25,26)20-10-4-3-5-14(20)11-19-15(22)8-9-18;/h6-7,14H,3-5,8-11,18H2,1-2H3,(H,19,22);1H. The molecule has 0 aromatic heterocycles. The third-order valence-corrected chi connectivity index (χ3v) is 6.89. The number of sulfonamides is 1. The summed E-state index contributed by atoms with van der Waals surface area (Å²) >= 11 is 0. The van der Waals surface area contributed by atoms with Crippen LogP contribution in [0, 0.1) is 24.0 Å². The summed E-state index contributed by atoms with van der Waals surface area (Å²) in [4.78, 5) is 22.4. The summed E-state index contributed by atoms with van der Waals surface area (Å²) in [5.41, 5.74) is 5.61. The molecular formula is C17H27ClN4O5S. The lowest BCUT2D eigenvalue weighted by atomic mass is 10.1. The summed E-state index contributed by atoms with van der Waals surface area (Å²) < 4.78 is 28.0. The summed E-state index contributed by atoms with van der Waals surface area (Å²) in [5.74, 6) is -0.238. The van der Waals surface area contributed by atoms with Gasteiger partial charge >= 0.3 is 0 Å². The van der Waals surface area contributed by atoms with Crippen molar-refractivity contribution < 1.29 is 18.1 Å². The number of nitrogens with zero attached hydrogens (tertiary/aromatic N) is 2. The second-order valence-electron chi connectivity index (χ2n) is 6.74. The summed E-state index contributed by atoms with van der Waals surface area (Å²) in [7, 11) is -4.08. The maximum atomic E-state index is 13.4. The lowest BCUT2D eigenvalue weighted by molar-refractivity contribution is -0.388. The summed E-state index contributed by atoms with van der Waals surface area (Å²) in [6.45, 7) is 3.73. The monoisotopic (exact) mass is 434 g/mol. The maximum Gasteiger partial charge on any atom is 0.292 e. The van der Waals surface area contributed by atoms with Gasteiger partial charge in [0.2, 0.25) is 5.91 Å². The van der Waals surface area contributed by atoms with Gasteiger partial charge in [0, 0.05) is 37.7 Å². The highest BCUT2D eigenvalue weighted by Crippen LogP contribution is 2.35. The number of nitro benzene ring substituents is 1. The Kier molecular flexibility index (Phi) is 8.80. The molecule has 3 N–H and O–H groups in total. The molecule has 1 amide bonds. The Balaban J connectivity index is 0.00000392. The van der Waals surface area contributed by atoms with Crippen molar-refractivity contribution in [3.8, 4) is 0 Å². The number of hydrogen-bond donors (Lipinski definition) is 2. The van der Waals surface area contributed by atoms with Crippen molar-refractivity contribution in [2.45, 2.75) is 50.5 Å². The van der Waals surface area contributed by atoms with Crippen molar-refractivity contribution in [1.29, 1.82) is 0 Å². The van der Waals surface area contributed by atoms with Crippen LogP contribution in [0.4, 0.5) is 5.69 Å². The predicted molar refractivity (Wildman–Crippen MR) is 108 cm³/mol. The largest absolute Gasteiger partial charge is 0.354 e. The molecule has 1 heterocycles. The first-order chi connectivity index (χ1) is 12.7. The molecular weight excluding hydrogens is 408 g/mol. The Bertz CT molecular complexity index is 831. The van der Waals surface area contributed by atoms with E-state index in [1.54, 1.807) is 19.1 Å². The number of nitrogens with two attached hydrogens (primary N) is 1. The minimum Gasteiger partial charge on any atom is -0.354 e. The van der Waals surface area contributed by atoms with Gasteiger partial charge < -0.3 is 11.1 Å². The first kappa shape index (κ1) is 24.3. The number of amides is 1. The Labute approximate surface area is 171 Å². The fourth-order valence-corrected chi connectivity index (χ4v) is 5.52. The van der Waals surface area contributed by atoms with Crippen LogP contribution in [0.5, 0.6) is 0 Å². The normalized spacial score (nSPS) is 17.6. The Hall–Kier alpha value is -1.75. The average Bonchev–Trinajstić information content (AvgIpc) is 2.61. The van der Waals surface area contributed by atoms with Gasteiger partial charge in [-0.1, -0.05) is 18.6 Å². The predicted octanol–water partition coefficient (Wildman–Crippen LogP) is 1.64. The van der Waals surface area contributed by atoms with E-state index in [4.69, 9.17) is 5.73 Å². The van der Waals surface area contributed by atoms with Crippen molar-refractivity contribution in [1.82, 2.24) is 9.62 Å².